The average molecular weight is 421 g/mol. The number of rotatable bonds is 9. The van der Waals surface area contributed by atoms with Crippen molar-refractivity contribution in [2.24, 2.45) is 17.8 Å². The molecule has 2 rings (SSSR count). The molecule has 7 nitrogen and oxygen atoms in total. The van der Waals surface area contributed by atoms with Gasteiger partial charge in [0, 0.05) is 32.0 Å². The highest BCUT2D eigenvalue weighted by molar-refractivity contribution is 5.83. The Morgan fingerprint density at radius 1 is 1.00 bits per heavy atom. The van der Waals surface area contributed by atoms with Gasteiger partial charge in [0.05, 0.1) is 27.2 Å². The van der Waals surface area contributed by atoms with Gasteiger partial charge in [0.2, 0.25) is 17.6 Å². The van der Waals surface area contributed by atoms with Crippen molar-refractivity contribution in [2.45, 2.75) is 40.0 Å². The summed E-state index contributed by atoms with van der Waals surface area (Å²) in [5.74, 6) is 1.80. The van der Waals surface area contributed by atoms with E-state index in [1.54, 1.807) is 21.3 Å². The van der Waals surface area contributed by atoms with E-state index >= 15 is 0 Å². The lowest BCUT2D eigenvalue weighted by atomic mass is 9.87. The number of likely N-dealkylation sites (tertiary alicyclic amines) is 1. The molecule has 2 amide bonds. The second kappa shape index (κ2) is 10.5. The SMILES string of the molecule is COc1cc([C@@H]2CN(C(=O)CC(C)C)C[C@H]2C(=O)NCC(C)C)cc(OC)c1OC. The highest BCUT2D eigenvalue weighted by atomic mass is 16.5. The molecule has 0 aromatic heterocycles. The van der Waals surface area contributed by atoms with E-state index in [0.29, 0.717) is 49.2 Å². The second-order valence-electron chi connectivity index (χ2n) is 8.71. The Morgan fingerprint density at radius 2 is 1.60 bits per heavy atom. The van der Waals surface area contributed by atoms with E-state index in [1.807, 2.05) is 30.9 Å². The molecule has 1 aliphatic heterocycles. The fourth-order valence-electron chi connectivity index (χ4n) is 3.84. The van der Waals surface area contributed by atoms with Crippen LogP contribution < -0.4 is 19.5 Å². The normalized spacial score (nSPS) is 18.6. The molecule has 1 fully saturated rings. The molecule has 1 saturated heterocycles. The van der Waals surface area contributed by atoms with E-state index in [-0.39, 0.29) is 29.6 Å². The minimum Gasteiger partial charge on any atom is -0.493 e. The number of carbonyl (C=O) groups is 2. The summed E-state index contributed by atoms with van der Waals surface area (Å²) in [6.45, 7) is 9.68. The van der Waals surface area contributed by atoms with Crippen LogP contribution >= 0.6 is 0 Å². The molecule has 0 radical (unpaired) electrons. The number of nitrogens with zero attached hydrogens (tertiary/aromatic N) is 1. The number of hydrogen-bond donors (Lipinski definition) is 1. The fourth-order valence-corrected chi connectivity index (χ4v) is 3.84. The second-order valence-corrected chi connectivity index (χ2v) is 8.71. The summed E-state index contributed by atoms with van der Waals surface area (Å²) in [6, 6.07) is 3.76. The Labute approximate surface area is 180 Å². The molecule has 1 N–H and O–H groups in total. The van der Waals surface area contributed by atoms with Crippen LogP contribution in [0.25, 0.3) is 0 Å². The van der Waals surface area contributed by atoms with Crippen LogP contribution in [-0.4, -0.2) is 57.7 Å². The third-order valence-corrected chi connectivity index (χ3v) is 5.39. The van der Waals surface area contributed by atoms with Gasteiger partial charge in [0.1, 0.15) is 0 Å². The maximum absolute atomic E-state index is 13.0. The Balaban J connectivity index is 2.39. The largest absolute Gasteiger partial charge is 0.493 e. The fraction of sp³-hybridized carbons (Fsp3) is 0.652. The van der Waals surface area contributed by atoms with Crippen molar-refractivity contribution in [2.75, 3.05) is 41.0 Å². The zero-order valence-corrected chi connectivity index (χ0v) is 19.3. The number of benzene rings is 1. The average Bonchev–Trinajstić information content (AvgIpc) is 3.16. The molecule has 0 unspecified atom stereocenters. The molecule has 0 saturated carbocycles. The lowest BCUT2D eigenvalue weighted by Crippen LogP contribution is -2.37. The zero-order chi connectivity index (χ0) is 22.4. The van der Waals surface area contributed by atoms with Gasteiger partial charge in [-0.25, -0.2) is 0 Å². The predicted octanol–water partition coefficient (Wildman–Crippen LogP) is 3.07. The van der Waals surface area contributed by atoms with Crippen LogP contribution in [0.2, 0.25) is 0 Å². The maximum Gasteiger partial charge on any atom is 0.225 e. The van der Waals surface area contributed by atoms with Crippen molar-refractivity contribution >= 4 is 11.8 Å². The molecule has 7 heteroatoms. The van der Waals surface area contributed by atoms with E-state index in [9.17, 15) is 9.59 Å². The standard InChI is InChI=1S/C23H36N2O5/c1-14(2)8-21(26)25-12-17(18(13-25)23(27)24-11-15(3)4)16-9-19(28-5)22(30-7)20(10-16)29-6/h9-10,14-15,17-18H,8,11-13H2,1-7H3,(H,24,27)/t17-,18+/m0/s1. The van der Waals surface area contributed by atoms with Crippen LogP contribution in [0.15, 0.2) is 12.1 Å². The number of hydrogen-bond acceptors (Lipinski definition) is 5. The summed E-state index contributed by atoms with van der Waals surface area (Å²) in [5.41, 5.74) is 0.897. The third kappa shape index (κ3) is 5.58. The van der Waals surface area contributed by atoms with Crippen LogP contribution in [0.5, 0.6) is 17.2 Å². The van der Waals surface area contributed by atoms with Gasteiger partial charge in [-0.1, -0.05) is 27.7 Å². The van der Waals surface area contributed by atoms with E-state index in [0.717, 1.165) is 5.56 Å². The van der Waals surface area contributed by atoms with Crippen molar-refractivity contribution in [3.63, 3.8) is 0 Å². The summed E-state index contributed by atoms with van der Waals surface area (Å²) in [6.07, 6.45) is 0.475. The summed E-state index contributed by atoms with van der Waals surface area (Å²) in [5, 5.41) is 3.04. The number of methoxy groups -OCH3 is 3. The first kappa shape index (κ1) is 23.8. The molecular formula is C23H36N2O5. The first-order valence-corrected chi connectivity index (χ1v) is 10.6. The van der Waals surface area contributed by atoms with Crippen LogP contribution in [0.3, 0.4) is 0 Å². The lowest BCUT2D eigenvalue weighted by molar-refractivity contribution is -0.131. The highest BCUT2D eigenvalue weighted by Gasteiger charge is 2.41. The summed E-state index contributed by atoms with van der Waals surface area (Å²) in [4.78, 5) is 27.6. The van der Waals surface area contributed by atoms with Gasteiger partial charge in [-0.15, -0.1) is 0 Å². The summed E-state index contributed by atoms with van der Waals surface area (Å²) < 4.78 is 16.4. The van der Waals surface area contributed by atoms with Crippen molar-refractivity contribution in [1.29, 1.82) is 0 Å². The molecule has 2 atom stereocenters. The number of ether oxygens (including phenoxy) is 3. The topological polar surface area (TPSA) is 77.1 Å². The van der Waals surface area contributed by atoms with Crippen molar-refractivity contribution in [1.82, 2.24) is 10.2 Å². The van der Waals surface area contributed by atoms with Gasteiger partial charge in [-0.2, -0.15) is 0 Å². The van der Waals surface area contributed by atoms with Crippen molar-refractivity contribution < 1.29 is 23.8 Å². The quantitative estimate of drug-likeness (QED) is 0.664. The highest BCUT2D eigenvalue weighted by Crippen LogP contribution is 2.43. The molecule has 1 aromatic rings. The Kier molecular flexibility index (Phi) is 8.38. The van der Waals surface area contributed by atoms with E-state index in [1.165, 1.54) is 0 Å². The van der Waals surface area contributed by atoms with Gasteiger partial charge in [-0.3, -0.25) is 9.59 Å². The van der Waals surface area contributed by atoms with Gasteiger partial charge < -0.3 is 24.4 Å². The summed E-state index contributed by atoms with van der Waals surface area (Å²) in [7, 11) is 4.70. The van der Waals surface area contributed by atoms with Crippen molar-refractivity contribution in [3.8, 4) is 17.2 Å². The number of nitrogens with one attached hydrogen (secondary N) is 1. The van der Waals surface area contributed by atoms with Gasteiger partial charge >= 0.3 is 0 Å². The molecule has 1 aliphatic rings. The van der Waals surface area contributed by atoms with Crippen LogP contribution in [0.1, 0.15) is 45.6 Å². The molecule has 1 heterocycles. The molecule has 0 aliphatic carbocycles. The van der Waals surface area contributed by atoms with Crippen LogP contribution in [0, 0.1) is 17.8 Å². The maximum atomic E-state index is 13.0. The Hall–Kier alpha value is -2.44. The van der Waals surface area contributed by atoms with Crippen LogP contribution in [-0.2, 0) is 9.59 Å². The molecule has 0 bridgehead atoms. The molecule has 168 valence electrons. The Morgan fingerprint density at radius 3 is 2.07 bits per heavy atom. The minimum absolute atomic E-state index is 0.0256. The third-order valence-electron chi connectivity index (χ3n) is 5.39. The van der Waals surface area contributed by atoms with Crippen molar-refractivity contribution in [3.05, 3.63) is 17.7 Å². The van der Waals surface area contributed by atoms with Gasteiger partial charge in [0.15, 0.2) is 11.5 Å². The lowest BCUT2D eigenvalue weighted by Gasteiger charge is -2.21. The summed E-state index contributed by atoms with van der Waals surface area (Å²) >= 11 is 0. The molecular weight excluding hydrogens is 384 g/mol. The smallest absolute Gasteiger partial charge is 0.225 e. The van der Waals surface area contributed by atoms with Gasteiger partial charge in [0.25, 0.3) is 0 Å². The minimum atomic E-state index is -0.331. The number of amides is 2. The predicted molar refractivity (Wildman–Crippen MR) is 116 cm³/mol. The first-order valence-electron chi connectivity index (χ1n) is 10.6. The number of carbonyl (C=O) groups excluding carboxylic acids is 2. The monoisotopic (exact) mass is 420 g/mol. The molecule has 1 aromatic carbocycles. The Bertz CT molecular complexity index is 722. The molecule has 30 heavy (non-hydrogen) atoms. The first-order chi connectivity index (χ1) is 14.2. The van der Waals surface area contributed by atoms with Crippen LogP contribution in [0.4, 0.5) is 0 Å². The zero-order valence-electron chi connectivity index (χ0n) is 19.3. The van der Waals surface area contributed by atoms with Gasteiger partial charge in [-0.05, 0) is 29.5 Å². The van der Waals surface area contributed by atoms with E-state index < -0.39 is 0 Å². The van der Waals surface area contributed by atoms with E-state index in [4.69, 9.17) is 14.2 Å². The molecule has 0 spiro atoms. The van der Waals surface area contributed by atoms with E-state index in [2.05, 4.69) is 19.2 Å².